The molecule has 0 saturated heterocycles. The lowest BCUT2D eigenvalue weighted by molar-refractivity contribution is 0.201. The summed E-state index contributed by atoms with van der Waals surface area (Å²) in [6.07, 6.45) is 5.41. The number of tetrazole rings is 1. The van der Waals surface area contributed by atoms with Crippen LogP contribution in [0.2, 0.25) is 0 Å². The number of hydrogen-bond donors (Lipinski definition) is 2. The SMILES string of the molecule is CCc1nc2nc(CCOC)cc(C)c2[nH]1.c1ccc(-c2nn[nH]n2)c(-c2ccc3c(c2)CCC3)c1. The lowest BCUT2D eigenvalue weighted by Gasteiger charge is -2.08. The van der Waals surface area contributed by atoms with Gasteiger partial charge in [-0.1, -0.05) is 49.4 Å². The zero-order valence-electron chi connectivity index (χ0n) is 21.0. The molecular weight excluding hydrogens is 450 g/mol. The number of hydrogen-bond acceptors (Lipinski definition) is 6. The van der Waals surface area contributed by atoms with E-state index in [-0.39, 0.29) is 0 Å². The number of rotatable bonds is 6. The molecule has 0 spiro atoms. The number of nitrogens with one attached hydrogen (secondary N) is 2. The Labute approximate surface area is 210 Å². The van der Waals surface area contributed by atoms with Gasteiger partial charge in [-0.3, -0.25) is 0 Å². The highest BCUT2D eigenvalue weighted by Crippen LogP contribution is 2.33. The number of ether oxygens (including phenoxy) is 1. The number of aryl methyl sites for hydroxylation is 4. The number of benzene rings is 2. The summed E-state index contributed by atoms with van der Waals surface area (Å²) in [4.78, 5) is 12.3. The zero-order valence-corrected chi connectivity index (χ0v) is 21.0. The molecule has 0 aliphatic heterocycles. The van der Waals surface area contributed by atoms with Gasteiger partial charge >= 0.3 is 0 Å². The second-order valence-electron chi connectivity index (χ2n) is 9.03. The van der Waals surface area contributed by atoms with Crippen LogP contribution in [-0.4, -0.2) is 49.3 Å². The van der Waals surface area contributed by atoms with Crippen molar-refractivity contribution in [2.75, 3.05) is 13.7 Å². The molecule has 184 valence electrons. The largest absolute Gasteiger partial charge is 0.384 e. The number of methoxy groups -OCH3 is 1. The van der Waals surface area contributed by atoms with Crippen LogP contribution in [0.25, 0.3) is 33.7 Å². The zero-order chi connectivity index (χ0) is 24.9. The van der Waals surface area contributed by atoms with Crippen LogP contribution in [0, 0.1) is 6.92 Å². The van der Waals surface area contributed by atoms with Gasteiger partial charge in [0.25, 0.3) is 0 Å². The van der Waals surface area contributed by atoms with Crippen LogP contribution in [0.15, 0.2) is 48.5 Å². The predicted molar refractivity (Wildman–Crippen MR) is 141 cm³/mol. The topological polar surface area (TPSA) is 105 Å². The Morgan fingerprint density at radius 2 is 1.81 bits per heavy atom. The van der Waals surface area contributed by atoms with Gasteiger partial charge in [0, 0.05) is 31.2 Å². The summed E-state index contributed by atoms with van der Waals surface area (Å²) < 4.78 is 5.06. The summed E-state index contributed by atoms with van der Waals surface area (Å²) in [6.45, 7) is 4.86. The van der Waals surface area contributed by atoms with Crippen molar-refractivity contribution in [2.24, 2.45) is 0 Å². The van der Waals surface area contributed by atoms with Crippen LogP contribution in [0.3, 0.4) is 0 Å². The molecule has 0 unspecified atom stereocenters. The number of H-pyrrole nitrogens is 2. The Bertz CT molecular complexity index is 1460. The van der Waals surface area contributed by atoms with Crippen LogP contribution in [0.4, 0.5) is 0 Å². The third-order valence-electron chi connectivity index (χ3n) is 6.58. The van der Waals surface area contributed by atoms with Crippen molar-refractivity contribution in [3.63, 3.8) is 0 Å². The van der Waals surface area contributed by atoms with Gasteiger partial charge in [-0.15, -0.1) is 10.2 Å². The molecule has 0 bridgehead atoms. The summed E-state index contributed by atoms with van der Waals surface area (Å²) in [5.74, 6) is 1.63. The maximum atomic E-state index is 5.06. The second kappa shape index (κ2) is 10.8. The number of nitrogens with zero attached hydrogens (tertiary/aromatic N) is 5. The lowest BCUT2D eigenvalue weighted by atomic mass is 9.96. The third-order valence-corrected chi connectivity index (χ3v) is 6.58. The van der Waals surface area contributed by atoms with Crippen LogP contribution in [0.1, 0.15) is 41.6 Å². The minimum absolute atomic E-state index is 0.640. The summed E-state index contributed by atoms with van der Waals surface area (Å²) in [7, 11) is 1.70. The average Bonchev–Trinajstić information content (AvgIpc) is 3.68. The lowest BCUT2D eigenvalue weighted by Crippen LogP contribution is -1.98. The molecule has 6 rings (SSSR count). The van der Waals surface area contributed by atoms with Crippen molar-refractivity contribution in [1.82, 2.24) is 35.6 Å². The molecule has 0 atom stereocenters. The monoisotopic (exact) mass is 481 g/mol. The van der Waals surface area contributed by atoms with Crippen molar-refractivity contribution >= 4 is 11.2 Å². The fourth-order valence-electron chi connectivity index (χ4n) is 4.71. The van der Waals surface area contributed by atoms with Crippen molar-refractivity contribution in [3.8, 4) is 22.5 Å². The Balaban J connectivity index is 0.000000152. The van der Waals surface area contributed by atoms with E-state index in [9.17, 15) is 0 Å². The maximum Gasteiger partial charge on any atom is 0.205 e. The first-order valence-electron chi connectivity index (χ1n) is 12.4. The van der Waals surface area contributed by atoms with Gasteiger partial charge in [-0.25, -0.2) is 9.97 Å². The predicted octanol–water partition coefficient (Wildman–Crippen LogP) is 5.04. The highest BCUT2D eigenvalue weighted by molar-refractivity contribution is 5.80. The number of imidazole rings is 1. The van der Waals surface area contributed by atoms with Crippen LogP contribution in [-0.2, 0) is 30.4 Å². The molecule has 3 aromatic heterocycles. The normalized spacial score (nSPS) is 12.4. The fourth-order valence-corrected chi connectivity index (χ4v) is 4.71. The molecule has 8 heteroatoms. The van der Waals surface area contributed by atoms with E-state index in [2.05, 4.69) is 79.8 Å². The summed E-state index contributed by atoms with van der Waals surface area (Å²) in [5.41, 5.74) is 10.5. The Morgan fingerprint density at radius 3 is 2.58 bits per heavy atom. The highest BCUT2D eigenvalue weighted by atomic mass is 16.5. The number of aromatic nitrogens is 7. The molecule has 0 saturated carbocycles. The molecule has 8 nitrogen and oxygen atoms in total. The molecule has 5 aromatic rings. The molecule has 3 heterocycles. The average molecular weight is 482 g/mol. The third kappa shape index (κ3) is 5.04. The van der Waals surface area contributed by atoms with Gasteiger partial charge in [0.1, 0.15) is 5.82 Å². The van der Waals surface area contributed by atoms with Crippen LogP contribution >= 0.6 is 0 Å². The van der Waals surface area contributed by atoms with E-state index in [1.54, 1.807) is 7.11 Å². The molecule has 1 aliphatic rings. The quantitative estimate of drug-likeness (QED) is 0.352. The van der Waals surface area contributed by atoms with Gasteiger partial charge in [0.05, 0.1) is 12.1 Å². The first-order chi connectivity index (χ1) is 17.7. The number of pyridine rings is 1. The smallest absolute Gasteiger partial charge is 0.205 e. The Morgan fingerprint density at radius 1 is 0.972 bits per heavy atom. The van der Waals surface area contributed by atoms with Gasteiger partial charge in [-0.05, 0) is 65.3 Å². The molecule has 2 aromatic carbocycles. The first-order valence-corrected chi connectivity index (χ1v) is 12.4. The van der Waals surface area contributed by atoms with E-state index >= 15 is 0 Å². The van der Waals surface area contributed by atoms with Crippen molar-refractivity contribution < 1.29 is 4.74 Å². The molecule has 1 aliphatic carbocycles. The Kier molecular flexibility index (Phi) is 7.13. The van der Waals surface area contributed by atoms with Crippen LogP contribution < -0.4 is 0 Å². The van der Waals surface area contributed by atoms with Crippen molar-refractivity contribution in [3.05, 3.63) is 76.7 Å². The minimum atomic E-state index is 0.640. The molecule has 2 N–H and O–H groups in total. The van der Waals surface area contributed by atoms with E-state index in [0.29, 0.717) is 12.4 Å². The van der Waals surface area contributed by atoms with Gasteiger partial charge < -0.3 is 9.72 Å². The highest BCUT2D eigenvalue weighted by Gasteiger charge is 2.15. The summed E-state index contributed by atoms with van der Waals surface area (Å²) in [5, 5.41) is 14.4. The second-order valence-corrected chi connectivity index (χ2v) is 9.03. The van der Waals surface area contributed by atoms with E-state index in [1.165, 1.54) is 41.5 Å². The summed E-state index contributed by atoms with van der Waals surface area (Å²) in [6, 6.07) is 17.1. The van der Waals surface area contributed by atoms with E-state index in [1.807, 2.05) is 18.2 Å². The molecule has 0 radical (unpaired) electrons. The van der Waals surface area contributed by atoms with Gasteiger partial charge in [0.2, 0.25) is 5.82 Å². The first kappa shape index (κ1) is 23.8. The Hall–Kier alpha value is -3.91. The fraction of sp³-hybridized carbons (Fsp3) is 0.321. The van der Waals surface area contributed by atoms with E-state index in [0.717, 1.165) is 46.7 Å². The standard InChI is InChI=1S/C16H14N4.C12H17N3O/c1-2-7-15(16-17-19-20-18-16)14(6-1)13-9-8-11-4-3-5-12(11)10-13;1-4-10-14-11-8(2)7-9(5-6-16-3)13-12(11)15-10/h1-2,6-10H,3-5H2,(H,17,18,19,20);7H,4-6H2,1-3H3,(H,13,14,15). The van der Waals surface area contributed by atoms with Gasteiger partial charge in [-0.2, -0.15) is 5.21 Å². The van der Waals surface area contributed by atoms with E-state index in [4.69, 9.17) is 4.74 Å². The number of aromatic amines is 2. The van der Waals surface area contributed by atoms with Crippen molar-refractivity contribution in [1.29, 1.82) is 0 Å². The van der Waals surface area contributed by atoms with Crippen LogP contribution in [0.5, 0.6) is 0 Å². The molecule has 36 heavy (non-hydrogen) atoms. The number of fused-ring (bicyclic) bond motifs is 2. The molecule has 0 amide bonds. The van der Waals surface area contributed by atoms with E-state index < -0.39 is 0 Å². The minimum Gasteiger partial charge on any atom is -0.384 e. The summed E-state index contributed by atoms with van der Waals surface area (Å²) >= 11 is 0. The maximum absolute atomic E-state index is 5.06. The molecular formula is C28H31N7O. The van der Waals surface area contributed by atoms with Crippen molar-refractivity contribution in [2.45, 2.75) is 46.0 Å². The van der Waals surface area contributed by atoms with Gasteiger partial charge in [0.15, 0.2) is 5.65 Å². The molecule has 0 fully saturated rings.